The van der Waals surface area contributed by atoms with E-state index in [9.17, 15) is 82.8 Å². The lowest BCUT2D eigenvalue weighted by atomic mass is 10.1. The maximum absolute atomic E-state index is 13.9. The molecule has 2 saturated heterocycles. The average molecular weight is 1050 g/mol. The van der Waals surface area contributed by atoms with E-state index in [0.29, 0.717) is 12.8 Å². The molecule has 19 N–H and O–H groups in total. The molecular weight excluding hydrogens is 979 g/mol. The molecule has 404 valence electrons. The zero-order valence-corrected chi connectivity index (χ0v) is 40.8. The van der Waals surface area contributed by atoms with E-state index >= 15 is 0 Å². The van der Waals surface area contributed by atoms with E-state index < -0.39 is 194 Å². The topological polar surface area (TPSA) is 498 Å². The quantitative estimate of drug-likeness (QED) is 0.0309. The number of nitrogens with zero attached hydrogens (tertiary/aromatic N) is 2. The molecule has 0 aliphatic carbocycles. The van der Waals surface area contributed by atoms with Crippen molar-refractivity contribution in [1.29, 1.82) is 0 Å². The second-order valence-electron chi connectivity index (χ2n) is 17.3. The van der Waals surface area contributed by atoms with Crippen LogP contribution in [0.5, 0.6) is 0 Å². The summed E-state index contributed by atoms with van der Waals surface area (Å²) in [6.45, 7) is 2.86. The molecule has 31 heteroatoms. The minimum atomic E-state index is -1.85. The van der Waals surface area contributed by atoms with E-state index in [-0.39, 0.29) is 25.9 Å². The van der Waals surface area contributed by atoms with Gasteiger partial charge in [0, 0.05) is 31.7 Å². The van der Waals surface area contributed by atoms with Crippen LogP contribution >= 0.6 is 12.6 Å². The Morgan fingerprint density at radius 1 is 0.583 bits per heavy atom. The first-order valence-electron chi connectivity index (χ1n) is 22.8. The van der Waals surface area contributed by atoms with Gasteiger partial charge in [0.05, 0.1) is 31.3 Å². The summed E-state index contributed by atoms with van der Waals surface area (Å²) in [5.74, 6) is -14.0. The van der Waals surface area contributed by atoms with Gasteiger partial charge < -0.3 is 90.4 Å². The van der Waals surface area contributed by atoms with Crippen LogP contribution in [0.3, 0.4) is 0 Å². The molecule has 0 aromatic rings. The van der Waals surface area contributed by atoms with Gasteiger partial charge in [-0.25, -0.2) is 0 Å². The van der Waals surface area contributed by atoms with Gasteiger partial charge >= 0.3 is 5.97 Å². The van der Waals surface area contributed by atoms with Crippen LogP contribution in [-0.4, -0.2) is 205 Å². The van der Waals surface area contributed by atoms with Crippen molar-refractivity contribution in [3.8, 4) is 0 Å². The van der Waals surface area contributed by atoms with Crippen molar-refractivity contribution in [1.82, 2.24) is 47.0 Å². The van der Waals surface area contributed by atoms with Gasteiger partial charge in [-0.05, 0) is 59.3 Å². The predicted octanol–water partition coefficient (Wildman–Crippen LogP) is -9.12. The third-order valence-electron chi connectivity index (χ3n) is 11.5. The van der Waals surface area contributed by atoms with Crippen LogP contribution in [0.1, 0.15) is 78.6 Å². The van der Waals surface area contributed by atoms with Crippen molar-refractivity contribution in [3.05, 3.63) is 0 Å². The molecule has 0 aromatic heterocycles. The van der Waals surface area contributed by atoms with Gasteiger partial charge in [-0.3, -0.25) is 62.3 Å². The number of carboxylic acids is 1. The fourth-order valence-corrected chi connectivity index (χ4v) is 7.77. The number of aliphatic hydroxyl groups excluding tert-OH is 3. The normalized spacial score (nSPS) is 19.5. The van der Waals surface area contributed by atoms with Crippen molar-refractivity contribution in [2.45, 2.75) is 151 Å². The second-order valence-corrected chi connectivity index (χ2v) is 17.7. The van der Waals surface area contributed by atoms with E-state index in [0.717, 1.165) is 18.7 Å². The van der Waals surface area contributed by atoms with Crippen molar-refractivity contribution in [2.24, 2.45) is 22.9 Å². The number of aliphatic hydroxyl groups is 3. The number of aliphatic carboxylic acids is 1. The number of carbonyl (C=O) groups is 13. The van der Waals surface area contributed by atoms with Gasteiger partial charge in [-0.2, -0.15) is 12.6 Å². The fraction of sp³-hybridized carbons (Fsp3) is 0.683. The summed E-state index contributed by atoms with van der Waals surface area (Å²) in [6.07, 6.45) is -6.64. The van der Waals surface area contributed by atoms with Gasteiger partial charge in [-0.15, -0.1) is 0 Å². The Labute approximate surface area is 417 Å². The highest BCUT2D eigenvalue weighted by molar-refractivity contribution is 7.80. The van der Waals surface area contributed by atoms with Gasteiger partial charge in [0.2, 0.25) is 70.9 Å². The van der Waals surface area contributed by atoms with Crippen LogP contribution in [0, 0.1) is 0 Å². The zero-order valence-electron chi connectivity index (χ0n) is 39.9. The number of nitrogens with one attached hydrogen (secondary N) is 7. The highest BCUT2D eigenvalue weighted by atomic mass is 32.1. The molecule has 2 aliphatic heterocycles. The van der Waals surface area contributed by atoms with Crippen molar-refractivity contribution in [2.75, 3.05) is 25.4 Å². The summed E-state index contributed by atoms with van der Waals surface area (Å²) in [6, 6.07) is -14.1. The standard InChI is InChI=1S/C41H67N13O17S/c1-17(55)30(44)39(69)48-21(9-11-29(61)62)35(65)52-32(19(3)57)41(71)54-13-5-7-25(54)38(68)47-20(8-10-26(42)58)34(64)50-23(16-72)37(67)49-22(14-27(43)59)36(66)51-31(18(2)56)40(70)46-15-28(60)53-12-4-6-24(53)33(45)63/h17-25,30-32,55-57,72H,4-16,44H2,1-3H3,(H2,42,58)(H2,43,59)(H2,45,63)(H,46,70)(H,47,68)(H,48,69)(H,49,67)(H,50,64)(H,51,66)(H,52,65)(H,61,62). The molecule has 72 heavy (non-hydrogen) atoms. The van der Waals surface area contributed by atoms with Crippen LogP contribution in [0.2, 0.25) is 0 Å². The molecular formula is C41H67N13O17S. The molecule has 2 rings (SSSR count). The number of carbonyl (C=O) groups excluding carboxylic acids is 12. The maximum atomic E-state index is 13.9. The van der Waals surface area contributed by atoms with Gasteiger partial charge in [0.1, 0.15) is 54.4 Å². The Balaban J connectivity index is 2.25. The van der Waals surface area contributed by atoms with Crippen molar-refractivity contribution >= 4 is 89.5 Å². The smallest absolute Gasteiger partial charge is 0.303 e. The number of amides is 12. The maximum Gasteiger partial charge on any atom is 0.303 e. The lowest BCUT2D eigenvalue weighted by Gasteiger charge is -2.32. The Morgan fingerprint density at radius 2 is 1.07 bits per heavy atom. The van der Waals surface area contributed by atoms with Gasteiger partial charge in [0.15, 0.2) is 0 Å². The SMILES string of the molecule is CC(O)C(N)C(=O)NC(CCC(=O)O)C(=O)NC(C(=O)N1CCCC1C(=O)NC(CCC(N)=O)C(=O)NC(CS)C(=O)NC(CC(N)=O)C(=O)NC(C(=O)NCC(=O)N1CCCC1C(N)=O)C(C)O)C(C)O. The van der Waals surface area contributed by atoms with E-state index in [2.05, 4.69) is 49.8 Å². The number of carboxylic acid groups (broad SMARTS) is 1. The molecule has 0 bridgehead atoms. The van der Waals surface area contributed by atoms with Gasteiger partial charge in [-0.1, -0.05) is 0 Å². The molecule has 0 radical (unpaired) electrons. The van der Waals surface area contributed by atoms with Crippen LogP contribution in [-0.2, 0) is 62.3 Å². The molecule has 0 saturated carbocycles. The fourth-order valence-electron chi connectivity index (χ4n) is 7.51. The Hall–Kier alpha value is -6.70. The Bertz CT molecular complexity index is 2050. The van der Waals surface area contributed by atoms with Crippen LogP contribution in [0.4, 0.5) is 0 Å². The molecule has 0 aromatic carbocycles. The third-order valence-corrected chi connectivity index (χ3v) is 11.9. The Morgan fingerprint density at radius 3 is 1.60 bits per heavy atom. The summed E-state index contributed by atoms with van der Waals surface area (Å²) in [5, 5.41) is 55.7. The molecule has 12 atom stereocenters. The number of likely N-dealkylation sites (tertiary alicyclic amines) is 2. The van der Waals surface area contributed by atoms with E-state index in [1.165, 1.54) is 11.8 Å². The lowest BCUT2D eigenvalue weighted by Crippen LogP contribution is -2.62. The van der Waals surface area contributed by atoms with E-state index in [1.54, 1.807) is 0 Å². The molecule has 12 amide bonds. The van der Waals surface area contributed by atoms with Crippen LogP contribution in [0.25, 0.3) is 0 Å². The number of thiol groups is 1. The molecule has 2 fully saturated rings. The molecule has 30 nitrogen and oxygen atoms in total. The minimum absolute atomic E-state index is 0.0204. The van der Waals surface area contributed by atoms with Crippen molar-refractivity contribution in [3.63, 3.8) is 0 Å². The zero-order chi connectivity index (χ0) is 54.7. The third kappa shape index (κ3) is 18.8. The average Bonchev–Trinajstić information content (AvgIpc) is 4.01. The highest BCUT2D eigenvalue weighted by Gasteiger charge is 2.42. The van der Waals surface area contributed by atoms with Crippen LogP contribution < -0.4 is 60.2 Å². The highest BCUT2D eigenvalue weighted by Crippen LogP contribution is 2.21. The first-order valence-corrected chi connectivity index (χ1v) is 23.4. The van der Waals surface area contributed by atoms with E-state index in [1.807, 2.05) is 0 Å². The van der Waals surface area contributed by atoms with E-state index in [4.69, 9.17) is 22.9 Å². The second kappa shape index (κ2) is 29.0. The molecule has 0 spiro atoms. The number of hydrogen-bond donors (Lipinski definition) is 16. The van der Waals surface area contributed by atoms with Crippen molar-refractivity contribution < 1.29 is 82.8 Å². The predicted molar refractivity (Wildman–Crippen MR) is 249 cm³/mol. The number of primary amides is 3. The largest absolute Gasteiger partial charge is 0.481 e. The summed E-state index contributed by atoms with van der Waals surface area (Å²) in [5.41, 5.74) is 21.6. The number of nitrogens with two attached hydrogens (primary N) is 4. The minimum Gasteiger partial charge on any atom is -0.481 e. The van der Waals surface area contributed by atoms with Gasteiger partial charge in [0.25, 0.3) is 0 Å². The monoisotopic (exact) mass is 1050 g/mol. The Kier molecular flexibility index (Phi) is 24.7. The summed E-state index contributed by atoms with van der Waals surface area (Å²) in [4.78, 5) is 169. The van der Waals surface area contributed by atoms with Crippen LogP contribution in [0.15, 0.2) is 0 Å². The summed E-state index contributed by atoms with van der Waals surface area (Å²) in [7, 11) is 0. The summed E-state index contributed by atoms with van der Waals surface area (Å²) >= 11 is 4.10. The number of hydrogen-bond acceptors (Lipinski definition) is 18. The molecule has 2 heterocycles. The summed E-state index contributed by atoms with van der Waals surface area (Å²) < 4.78 is 0. The molecule has 2 aliphatic rings. The lowest BCUT2D eigenvalue weighted by molar-refractivity contribution is -0.145. The number of rotatable bonds is 29. The molecule has 12 unspecified atom stereocenters. The first-order chi connectivity index (χ1) is 33.6. The first kappa shape index (κ1) is 61.4.